The van der Waals surface area contributed by atoms with Crippen molar-refractivity contribution in [2.24, 2.45) is 0 Å². The number of piperazine rings is 1. The number of carbonyl (C=O) groups is 1. The van der Waals surface area contributed by atoms with Crippen LogP contribution in [0.1, 0.15) is 29.8 Å². The minimum Gasteiger partial charge on any atom is -0.496 e. The average molecular weight is 466 g/mol. The van der Waals surface area contributed by atoms with E-state index in [0.29, 0.717) is 37.0 Å². The van der Waals surface area contributed by atoms with Gasteiger partial charge in [0.05, 0.1) is 17.6 Å². The largest absolute Gasteiger partial charge is 0.496 e. The van der Waals surface area contributed by atoms with Crippen LogP contribution >= 0.6 is 11.6 Å². The number of sulfonamides is 1. The van der Waals surface area contributed by atoms with Gasteiger partial charge >= 0.3 is 0 Å². The highest BCUT2D eigenvalue weighted by Gasteiger charge is 2.30. The molecule has 1 fully saturated rings. The smallest absolute Gasteiger partial charge is 0.255 e. The van der Waals surface area contributed by atoms with Crippen molar-refractivity contribution >= 4 is 33.2 Å². The maximum Gasteiger partial charge on any atom is 0.255 e. The summed E-state index contributed by atoms with van der Waals surface area (Å²) in [6.07, 6.45) is 0. The van der Waals surface area contributed by atoms with Gasteiger partial charge in [0.25, 0.3) is 5.91 Å². The van der Waals surface area contributed by atoms with Gasteiger partial charge in [-0.05, 0) is 56.7 Å². The first-order valence-electron chi connectivity index (χ1n) is 10.1. The van der Waals surface area contributed by atoms with E-state index in [2.05, 4.69) is 10.2 Å². The molecule has 2 aromatic carbocycles. The summed E-state index contributed by atoms with van der Waals surface area (Å²) in [5.41, 5.74) is 2.31. The summed E-state index contributed by atoms with van der Waals surface area (Å²) in [4.78, 5) is 14.8. The van der Waals surface area contributed by atoms with E-state index in [9.17, 15) is 13.2 Å². The number of amides is 1. The summed E-state index contributed by atoms with van der Waals surface area (Å²) >= 11 is 6.14. The van der Waals surface area contributed by atoms with Crippen LogP contribution in [0.4, 0.5) is 5.69 Å². The molecule has 0 saturated carbocycles. The summed E-state index contributed by atoms with van der Waals surface area (Å²) in [7, 11) is -2.30. The van der Waals surface area contributed by atoms with E-state index in [0.717, 1.165) is 11.3 Å². The second kappa shape index (κ2) is 9.46. The lowest BCUT2D eigenvalue weighted by Crippen LogP contribution is -2.48. The van der Waals surface area contributed by atoms with Gasteiger partial charge in [-0.15, -0.1) is 0 Å². The first kappa shape index (κ1) is 23.4. The van der Waals surface area contributed by atoms with E-state index < -0.39 is 10.0 Å². The number of anilines is 1. The first-order valence-corrected chi connectivity index (χ1v) is 12.0. The Labute approximate surface area is 189 Å². The zero-order valence-electron chi connectivity index (χ0n) is 18.2. The summed E-state index contributed by atoms with van der Waals surface area (Å²) in [6.45, 7) is 7.48. The molecule has 3 rings (SSSR count). The molecule has 0 aliphatic carbocycles. The fraction of sp³-hybridized carbons (Fsp3) is 0.409. The van der Waals surface area contributed by atoms with Crippen LogP contribution in [0.3, 0.4) is 0 Å². The number of carbonyl (C=O) groups excluding carboxylic acids is 1. The number of ether oxygens (including phenoxy) is 1. The number of halogens is 1. The summed E-state index contributed by atoms with van der Waals surface area (Å²) in [6, 6.07) is 10.0. The van der Waals surface area contributed by atoms with Crippen LogP contribution in [0.15, 0.2) is 41.3 Å². The van der Waals surface area contributed by atoms with Gasteiger partial charge in [-0.2, -0.15) is 4.31 Å². The molecule has 1 aliphatic rings. The lowest BCUT2D eigenvalue weighted by Gasteiger charge is -2.36. The molecule has 0 unspecified atom stereocenters. The summed E-state index contributed by atoms with van der Waals surface area (Å²) in [5.74, 6) is -0.0384. The normalized spacial score (nSPS) is 15.2. The van der Waals surface area contributed by atoms with E-state index in [4.69, 9.17) is 16.3 Å². The third-order valence-corrected chi connectivity index (χ3v) is 7.35. The number of methoxy groups -OCH3 is 1. The molecular formula is C22H28ClN3O4S. The number of benzene rings is 2. The number of aryl methyl sites for hydroxylation is 1. The van der Waals surface area contributed by atoms with Gasteiger partial charge in [0.1, 0.15) is 5.75 Å². The fourth-order valence-electron chi connectivity index (χ4n) is 3.61. The van der Waals surface area contributed by atoms with Gasteiger partial charge in [0, 0.05) is 42.9 Å². The molecule has 1 heterocycles. The maximum absolute atomic E-state index is 13.3. The molecule has 0 aromatic heterocycles. The molecule has 1 amide bonds. The molecule has 0 radical (unpaired) electrons. The van der Waals surface area contributed by atoms with Crippen LogP contribution in [-0.4, -0.2) is 58.0 Å². The minimum atomic E-state index is -3.75. The Morgan fingerprint density at radius 2 is 1.77 bits per heavy atom. The van der Waals surface area contributed by atoms with Crippen LogP contribution in [0, 0.1) is 6.92 Å². The van der Waals surface area contributed by atoms with E-state index in [1.54, 1.807) is 0 Å². The molecule has 31 heavy (non-hydrogen) atoms. The molecule has 9 heteroatoms. The molecule has 2 aromatic rings. The van der Waals surface area contributed by atoms with Gasteiger partial charge < -0.3 is 15.0 Å². The Hall–Kier alpha value is -2.29. The van der Waals surface area contributed by atoms with Crippen molar-refractivity contribution < 1.29 is 17.9 Å². The van der Waals surface area contributed by atoms with Gasteiger partial charge in [0.2, 0.25) is 10.0 Å². The number of nitrogens with one attached hydrogen (secondary N) is 1. The number of hydrogen-bond donors (Lipinski definition) is 1. The minimum absolute atomic E-state index is 0.0783. The van der Waals surface area contributed by atoms with E-state index in [-0.39, 0.29) is 22.4 Å². The lowest BCUT2D eigenvalue weighted by molar-refractivity contribution is 0.0940. The maximum atomic E-state index is 13.3. The number of rotatable bonds is 6. The molecular weight excluding hydrogens is 438 g/mol. The van der Waals surface area contributed by atoms with Crippen LogP contribution in [0.25, 0.3) is 0 Å². The quantitative estimate of drug-likeness (QED) is 0.708. The lowest BCUT2D eigenvalue weighted by atomic mass is 10.1. The van der Waals surface area contributed by atoms with Crippen LogP contribution in [-0.2, 0) is 10.0 Å². The van der Waals surface area contributed by atoms with Gasteiger partial charge in [0.15, 0.2) is 0 Å². The predicted molar refractivity (Wildman–Crippen MR) is 123 cm³/mol. The molecule has 1 saturated heterocycles. The molecule has 0 spiro atoms. The predicted octanol–water partition coefficient (Wildman–Crippen LogP) is 3.31. The zero-order chi connectivity index (χ0) is 22.8. The third-order valence-electron chi connectivity index (χ3n) is 5.22. The van der Waals surface area contributed by atoms with Gasteiger partial charge in [-0.3, -0.25) is 4.79 Å². The fourth-order valence-corrected chi connectivity index (χ4v) is 5.22. The highest BCUT2D eigenvalue weighted by Crippen LogP contribution is 2.28. The second-order valence-electron chi connectivity index (χ2n) is 7.81. The first-order chi connectivity index (χ1) is 14.6. The van der Waals surface area contributed by atoms with Crippen LogP contribution in [0.5, 0.6) is 5.75 Å². The SMILES string of the molecule is COc1ccc(S(=O)(=O)N2CCN(c3cc(Cl)ccc3C)CC2)cc1C(=O)NC(C)C. The monoisotopic (exact) mass is 465 g/mol. The van der Waals surface area contributed by atoms with Gasteiger partial charge in [-0.1, -0.05) is 17.7 Å². The highest BCUT2D eigenvalue weighted by atomic mass is 35.5. The Morgan fingerprint density at radius 3 is 2.39 bits per heavy atom. The van der Waals surface area contributed by atoms with Crippen molar-refractivity contribution in [2.75, 3.05) is 38.2 Å². The van der Waals surface area contributed by atoms with Crippen molar-refractivity contribution in [1.82, 2.24) is 9.62 Å². The third kappa shape index (κ3) is 5.14. The van der Waals surface area contributed by atoms with E-state index in [1.807, 2.05) is 39.0 Å². The highest BCUT2D eigenvalue weighted by molar-refractivity contribution is 7.89. The zero-order valence-corrected chi connectivity index (χ0v) is 19.8. The average Bonchev–Trinajstić information content (AvgIpc) is 2.74. The van der Waals surface area contributed by atoms with Gasteiger partial charge in [-0.25, -0.2) is 8.42 Å². The van der Waals surface area contributed by atoms with Crippen molar-refractivity contribution in [1.29, 1.82) is 0 Å². The Balaban J connectivity index is 1.81. The summed E-state index contributed by atoms with van der Waals surface area (Å²) < 4.78 is 33.2. The Bertz CT molecular complexity index is 1060. The van der Waals surface area contributed by atoms with E-state index >= 15 is 0 Å². The molecule has 0 atom stereocenters. The Morgan fingerprint density at radius 1 is 1.10 bits per heavy atom. The molecule has 0 bridgehead atoms. The van der Waals surface area contributed by atoms with Crippen LogP contribution < -0.4 is 15.0 Å². The van der Waals surface area contributed by atoms with E-state index in [1.165, 1.54) is 29.6 Å². The van der Waals surface area contributed by atoms with Crippen LogP contribution in [0.2, 0.25) is 5.02 Å². The molecule has 7 nitrogen and oxygen atoms in total. The summed E-state index contributed by atoms with van der Waals surface area (Å²) in [5, 5.41) is 3.43. The topological polar surface area (TPSA) is 79.0 Å². The van der Waals surface area contributed by atoms with Crippen molar-refractivity contribution in [3.63, 3.8) is 0 Å². The standard InChI is InChI=1S/C22H28ClN3O4S/c1-15(2)24-22(27)19-14-18(7-8-21(19)30-4)31(28,29)26-11-9-25(10-12-26)20-13-17(23)6-5-16(20)3/h5-8,13-15H,9-12H2,1-4H3,(H,24,27). The van der Waals surface area contributed by atoms with Crippen molar-refractivity contribution in [2.45, 2.75) is 31.7 Å². The van der Waals surface area contributed by atoms with Crippen molar-refractivity contribution in [3.05, 3.63) is 52.5 Å². The second-order valence-corrected chi connectivity index (χ2v) is 10.2. The molecule has 1 N–H and O–H groups in total. The Kier molecular flexibility index (Phi) is 7.13. The number of nitrogens with zero attached hydrogens (tertiary/aromatic N) is 2. The molecule has 1 aliphatic heterocycles. The number of hydrogen-bond acceptors (Lipinski definition) is 5. The van der Waals surface area contributed by atoms with Crippen molar-refractivity contribution in [3.8, 4) is 5.75 Å². The molecule has 168 valence electrons.